The van der Waals surface area contributed by atoms with Crippen LogP contribution in [0.25, 0.3) is 33.3 Å². The van der Waals surface area contributed by atoms with Gasteiger partial charge in [0, 0.05) is 28.6 Å². The zero-order valence-electron chi connectivity index (χ0n) is 14.5. The van der Waals surface area contributed by atoms with Gasteiger partial charge >= 0.3 is 0 Å². The Morgan fingerprint density at radius 1 is 1.00 bits per heavy atom. The number of rotatable bonds is 2. The van der Waals surface area contributed by atoms with Gasteiger partial charge < -0.3 is 4.42 Å². The van der Waals surface area contributed by atoms with Crippen LogP contribution in [-0.4, -0.2) is 4.98 Å². The highest BCUT2D eigenvalue weighted by molar-refractivity contribution is 6.08. The molecule has 0 radical (unpaired) electrons. The highest BCUT2D eigenvalue weighted by Gasteiger charge is 2.20. The summed E-state index contributed by atoms with van der Waals surface area (Å²) in [6.07, 6.45) is 2.06. The summed E-state index contributed by atoms with van der Waals surface area (Å²) < 4.78 is 8.37. The molecule has 0 saturated carbocycles. The molecule has 0 bridgehead atoms. The highest BCUT2D eigenvalue weighted by Crippen LogP contribution is 2.36. The lowest BCUT2D eigenvalue weighted by Crippen LogP contribution is -2.30. The lowest BCUT2D eigenvalue weighted by atomic mass is 10.0. The molecule has 3 nitrogen and oxygen atoms in total. The first kappa shape index (κ1) is 14.9. The predicted octanol–water partition coefficient (Wildman–Crippen LogP) is 4.90. The predicted molar refractivity (Wildman–Crippen MR) is 97.0 cm³/mol. The molecule has 1 aromatic carbocycles. The number of furan rings is 1. The summed E-state index contributed by atoms with van der Waals surface area (Å²) in [6, 6.07) is 14.8. The molecule has 0 spiro atoms. The summed E-state index contributed by atoms with van der Waals surface area (Å²) in [7, 11) is 2.06. The van der Waals surface area contributed by atoms with Crippen molar-refractivity contribution in [3.63, 3.8) is 0 Å². The van der Waals surface area contributed by atoms with Gasteiger partial charge in [-0.05, 0) is 36.6 Å². The lowest BCUT2D eigenvalue weighted by molar-refractivity contribution is -0.660. The highest BCUT2D eigenvalue weighted by atomic mass is 16.3. The number of fused-ring (bicyclic) bond motifs is 3. The molecule has 120 valence electrons. The number of pyridine rings is 2. The van der Waals surface area contributed by atoms with Crippen molar-refractivity contribution in [3.05, 3.63) is 59.9 Å². The van der Waals surface area contributed by atoms with Gasteiger partial charge in [-0.2, -0.15) is 0 Å². The Morgan fingerprint density at radius 2 is 1.79 bits per heavy atom. The van der Waals surface area contributed by atoms with Crippen molar-refractivity contribution in [2.45, 2.75) is 26.7 Å². The van der Waals surface area contributed by atoms with Gasteiger partial charge in [0.1, 0.15) is 7.05 Å². The van der Waals surface area contributed by atoms with Gasteiger partial charge in [-0.25, -0.2) is 9.55 Å². The zero-order valence-corrected chi connectivity index (χ0v) is 14.5. The van der Waals surface area contributed by atoms with Crippen LogP contribution in [-0.2, 0) is 7.05 Å². The minimum absolute atomic E-state index is 0.385. The van der Waals surface area contributed by atoms with Gasteiger partial charge in [-0.3, -0.25) is 0 Å². The molecule has 0 fully saturated rings. The summed E-state index contributed by atoms with van der Waals surface area (Å²) >= 11 is 0. The number of benzene rings is 1. The van der Waals surface area contributed by atoms with Crippen molar-refractivity contribution in [3.8, 4) is 11.3 Å². The van der Waals surface area contributed by atoms with E-state index in [0.717, 1.165) is 39.0 Å². The molecule has 0 atom stereocenters. The van der Waals surface area contributed by atoms with E-state index in [1.165, 1.54) is 5.56 Å². The number of aryl methyl sites for hydroxylation is 2. The Morgan fingerprint density at radius 3 is 2.54 bits per heavy atom. The molecule has 24 heavy (non-hydrogen) atoms. The maximum Gasteiger partial charge on any atom is 0.227 e. The number of nitrogens with zero attached hydrogens (tertiary/aromatic N) is 2. The van der Waals surface area contributed by atoms with Crippen LogP contribution in [0.1, 0.15) is 31.0 Å². The molecule has 3 heteroatoms. The van der Waals surface area contributed by atoms with Crippen molar-refractivity contribution >= 4 is 22.1 Å². The third-order valence-electron chi connectivity index (χ3n) is 4.64. The molecule has 3 aromatic heterocycles. The molecule has 0 aliphatic rings. The number of hydrogen-bond acceptors (Lipinski definition) is 2. The third kappa shape index (κ3) is 2.20. The second kappa shape index (κ2) is 5.45. The van der Waals surface area contributed by atoms with Crippen molar-refractivity contribution in [1.82, 2.24) is 4.98 Å². The van der Waals surface area contributed by atoms with Crippen molar-refractivity contribution in [2.75, 3.05) is 0 Å². The van der Waals surface area contributed by atoms with E-state index in [-0.39, 0.29) is 0 Å². The fourth-order valence-electron chi connectivity index (χ4n) is 3.26. The average molecular weight is 317 g/mol. The quantitative estimate of drug-likeness (QED) is 0.492. The Hall–Kier alpha value is -2.68. The fourth-order valence-corrected chi connectivity index (χ4v) is 3.26. The maximum atomic E-state index is 6.24. The van der Waals surface area contributed by atoms with Crippen molar-refractivity contribution < 1.29 is 8.98 Å². The first-order valence-corrected chi connectivity index (χ1v) is 8.34. The molecule has 4 rings (SSSR count). The fraction of sp³-hybridized carbons (Fsp3) is 0.238. The van der Waals surface area contributed by atoms with E-state index < -0.39 is 0 Å². The van der Waals surface area contributed by atoms with Crippen LogP contribution in [0.4, 0.5) is 0 Å². The van der Waals surface area contributed by atoms with E-state index in [4.69, 9.17) is 9.40 Å². The van der Waals surface area contributed by atoms with E-state index in [0.29, 0.717) is 5.92 Å². The van der Waals surface area contributed by atoms with Gasteiger partial charge in [0.05, 0.1) is 5.56 Å². The molecular weight excluding hydrogens is 296 g/mol. The monoisotopic (exact) mass is 317 g/mol. The van der Waals surface area contributed by atoms with Crippen LogP contribution in [0.15, 0.2) is 53.1 Å². The van der Waals surface area contributed by atoms with Crippen LogP contribution < -0.4 is 4.57 Å². The van der Waals surface area contributed by atoms with Crippen LogP contribution in [0.2, 0.25) is 0 Å². The smallest absolute Gasteiger partial charge is 0.227 e. The average Bonchev–Trinajstić information content (AvgIpc) is 2.93. The van der Waals surface area contributed by atoms with Gasteiger partial charge in [0.2, 0.25) is 11.4 Å². The van der Waals surface area contributed by atoms with E-state index in [1.807, 2.05) is 6.07 Å². The maximum absolute atomic E-state index is 6.24. The topological polar surface area (TPSA) is 29.9 Å². The van der Waals surface area contributed by atoms with E-state index in [2.05, 4.69) is 75.0 Å². The summed E-state index contributed by atoms with van der Waals surface area (Å²) in [5, 5.41) is 2.20. The van der Waals surface area contributed by atoms with Crippen LogP contribution in [0, 0.1) is 6.92 Å². The van der Waals surface area contributed by atoms with Gasteiger partial charge in [0.15, 0.2) is 11.8 Å². The molecule has 0 unspecified atom stereocenters. The van der Waals surface area contributed by atoms with E-state index in [9.17, 15) is 0 Å². The van der Waals surface area contributed by atoms with Gasteiger partial charge in [0.25, 0.3) is 0 Å². The molecule has 0 aliphatic heterocycles. The Balaban J connectivity index is 2.09. The van der Waals surface area contributed by atoms with Crippen molar-refractivity contribution in [1.29, 1.82) is 0 Å². The first-order valence-electron chi connectivity index (χ1n) is 8.34. The minimum Gasteiger partial charge on any atom is -0.437 e. The zero-order chi connectivity index (χ0) is 16.8. The molecule has 4 aromatic rings. The number of aromatic nitrogens is 2. The normalized spacial score (nSPS) is 11.7. The minimum atomic E-state index is 0.385. The molecule has 0 N–H and O–H groups in total. The second-order valence-corrected chi connectivity index (χ2v) is 6.68. The summed E-state index contributed by atoms with van der Waals surface area (Å²) in [5.74, 6) is 0.385. The summed E-state index contributed by atoms with van der Waals surface area (Å²) in [4.78, 5) is 4.73. The Labute approximate surface area is 141 Å². The molecule has 0 saturated heterocycles. The molecule has 0 aliphatic carbocycles. The summed E-state index contributed by atoms with van der Waals surface area (Å²) in [6.45, 7) is 6.43. The molecular formula is C21H21N2O+. The van der Waals surface area contributed by atoms with Gasteiger partial charge in [-0.1, -0.05) is 26.0 Å². The Kier molecular flexibility index (Phi) is 3.38. The standard InChI is InChI=1S/C21H21N2O/c1-13(2)17-11-10-16-15-9-8-14(3)19(20(15)24-21(16)22-17)18-7-5-6-12-23(18)4/h5-13H,1-4H3/q+1. The number of hydrogen-bond donors (Lipinski definition) is 0. The summed E-state index contributed by atoms with van der Waals surface area (Å²) in [5.41, 5.74) is 6.18. The first-order chi connectivity index (χ1) is 11.6. The van der Waals surface area contributed by atoms with E-state index in [1.54, 1.807) is 0 Å². The Bertz CT molecular complexity index is 1060. The largest absolute Gasteiger partial charge is 0.437 e. The van der Waals surface area contributed by atoms with Crippen LogP contribution >= 0.6 is 0 Å². The SMILES string of the molecule is Cc1ccc2c(oc3nc(C(C)C)ccc32)c1-c1cccc[n+]1C. The lowest BCUT2D eigenvalue weighted by Gasteiger charge is -2.04. The second-order valence-electron chi connectivity index (χ2n) is 6.68. The van der Waals surface area contributed by atoms with Crippen molar-refractivity contribution in [2.24, 2.45) is 7.05 Å². The van der Waals surface area contributed by atoms with Crippen LogP contribution in [0.5, 0.6) is 0 Å². The van der Waals surface area contributed by atoms with E-state index >= 15 is 0 Å². The molecule has 0 amide bonds. The molecule has 3 heterocycles. The third-order valence-corrected chi connectivity index (χ3v) is 4.64. The van der Waals surface area contributed by atoms with Gasteiger partial charge in [-0.15, -0.1) is 0 Å². The van der Waals surface area contributed by atoms with Crippen LogP contribution in [0.3, 0.4) is 0 Å².